The zero-order chi connectivity index (χ0) is 9.97. The molecule has 1 atom stereocenters. The van der Waals surface area contributed by atoms with E-state index < -0.39 is 0 Å². The Morgan fingerprint density at radius 2 is 2.57 bits per heavy atom. The van der Waals surface area contributed by atoms with Gasteiger partial charge in [0.25, 0.3) is 0 Å². The largest absolute Gasteiger partial charge is 0.297 e. The third-order valence-corrected chi connectivity index (χ3v) is 3.90. The van der Waals surface area contributed by atoms with Gasteiger partial charge < -0.3 is 0 Å². The van der Waals surface area contributed by atoms with Gasteiger partial charge in [0, 0.05) is 24.3 Å². The zero-order valence-corrected chi connectivity index (χ0v) is 9.94. The van der Waals surface area contributed by atoms with Crippen molar-refractivity contribution >= 4 is 22.9 Å². The highest BCUT2D eigenvalue weighted by atomic mass is 35.5. The monoisotopic (exact) mass is 230 g/mol. The summed E-state index contributed by atoms with van der Waals surface area (Å²) in [5.74, 6) is 1.49. The lowest BCUT2D eigenvalue weighted by Gasteiger charge is -2.13. The lowest BCUT2D eigenvalue weighted by molar-refractivity contribution is 0.317. The van der Waals surface area contributed by atoms with Crippen molar-refractivity contribution in [3.63, 3.8) is 0 Å². The van der Waals surface area contributed by atoms with Crippen molar-refractivity contribution in [2.75, 3.05) is 19.0 Å². The molecule has 0 radical (unpaired) electrons. The second-order valence-electron chi connectivity index (χ2n) is 3.90. The molecule has 0 bridgehead atoms. The van der Waals surface area contributed by atoms with E-state index in [0.717, 1.165) is 24.0 Å². The molecule has 78 valence electrons. The Morgan fingerprint density at radius 1 is 1.71 bits per heavy atom. The summed E-state index contributed by atoms with van der Waals surface area (Å²) in [7, 11) is 0. The minimum atomic E-state index is 0.691. The lowest BCUT2D eigenvalue weighted by Crippen LogP contribution is -2.20. The first-order valence-corrected chi connectivity index (χ1v) is 6.38. The van der Waals surface area contributed by atoms with E-state index in [4.69, 9.17) is 11.6 Å². The summed E-state index contributed by atoms with van der Waals surface area (Å²) in [5.41, 5.74) is 1.21. The van der Waals surface area contributed by atoms with E-state index in [9.17, 15) is 0 Å². The van der Waals surface area contributed by atoms with Gasteiger partial charge in [0.15, 0.2) is 0 Å². The Labute approximate surface area is 93.9 Å². The Bertz CT molecular complexity index is 300. The summed E-state index contributed by atoms with van der Waals surface area (Å²) in [6, 6.07) is 0. The summed E-state index contributed by atoms with van der Waals surface area (Å²) >= 11 is 7.57. The number of aromatic nitrogens is 1. The molecule has 0 amide bonds. The minimum Gasteiger partial charge on any atom is -0.297 e. The van der Waals surface area contributed by atoms with Crippen LogP contribution in [-0.2, 0) is 6.54 Å². The standard InChI is InChI=1S/C10H15ClN2S/c1-8-12-10(7-14-8)6-13-3-2-9(4-11)5-13/h7,9H,2-6H2,1H3. The number of rotatable bonds is 3. The van der Waals surface area contributed by atoms with E-state index in [1.807, 2.05) is 0 Å². The summed E-state index contributed by atoms with van der Waals surface area (Å²) in [6.07, 6.45) is 1.24. The number of halogens is 1. The average Bonchev–Trinajstić information content (AvgIpc) is 2.76. The van der Waals surface area contributed by atoms with Crippen LogP contribution in [0.2, 0.25) is 0 Å². The van der Waals surface area contributed by atoms with Crippen LogP contribution in [0.25, 0.3) is 0 Å². The van der Waals surface area contributed by atoms with E-state index in [1.54, 1.807) is 11.3 Å². The number of aryl methyl sites for hydroxylation is 1. The second kappa shape index (κ2) is 4.60. The number of likely N-dealkylation sites (tertiary alicyclic amines) is 1. The summed E-state index contributed by atoms with van der Waals surface area (Å²) in [4.78, 5) is 6.91. The zero-order valence-electron chi connectivity index (χ0n) is 8.37. The fourth-order valence-corrected chi connectivity index (χ4v) is 2.75. The highest BCUT2D eigenvalue weighted by Crippen LogP contribution is 2.20. The fraction of sp³-hybridized carbons (Fsp3) is 0.700. The lowest BCUT2D eigenvalue weighted by atomic mass is 10.2. The minimum absolute atomic E-state index is 0.691. The van der Waals surface area contributed by atoms with Crippen molar-refractivity contribution < 1.29 is 0 Å². The first-order chi connectivity index (χ1) is 6.78. The molecule has 0 N–H and O–H groups in total. The maximum absolute atomic E-state index is 5.84. The molecule has 1 aliphatic rings. The highest BCUT2D eigenvalue weighted by molar-refractivity contribution is 7.09. The molecule has 1 aromatic rings. The first kappa shape index (κ1) is 10.4. The molecule has 1 fully saturated rings. The SMILES string of the molecule is Cc1nc(CN2CCC(CCl)C2)cs1. The molecule has 1 saturated heterocycles. The Kier molecular flexibility index (Phi) is 3.42. The van der Waals surface area contributed by atoms with Gasteiger partial charge in [-0.1, -0.05) is 0 Å². The molecule has 1 unspecified atom stereocenters. The van der Waals surface area contributed by atoms with Gasteiger partial charge in [-0.25, -0.2) is 4.98 Å². The first-order valence-electron chi connectivity index (χ1n) is 4.97. The molecule has 2 nitrogen and oxygen atoms in total. The molecule has 1 aliphatic heterocycles. The van der Waals surface area contributed by atoms with Crippen LogP contribution < -0.4 is 0 Å². The summed E-state index contributed by atoms with van der Waals surface area (Å²) in [5, 5.41) is 3.32. The van der Waals surface area contributed by atoms with Crippen molar-refractivity contribution in [2.24, 2.45) is 5.92 Å². The maximum atomic E-state index is 5.84. The molecule has 2 rings (SSSR count). The Morgan fingerprint density at radius 3 is 3.14 bits per heavy atom. The molecule has 2 heterocycles. The van der Waals surface area contributed by atoms with Crippen LogP contribution in [-0.4, -0.2) is 28.9 Å². The Hall–Kier alpha value is -0.120. The molecule has 1 aromatic heterocycles. The van der Waals surface area contributed by atoms with Crippen molar-refractivity contribution in [1.29, 1.82) is 0 Å². The molecular weight excluding hydrogens is 216 g/mol. The Balaban J connectivity index is 1.87. The van der Waals surface area contributed by atoms with E-state index >= 15 is 0 Å². The van der Waals surface area contributed by atoms with Crippen molar-refractivity contribution in [1.82, 2.24) is 9.88 Å². The molecule has 4 heteroatoms. The van der Waals surface area contributed by atoms with Gasteiger partial charge in [0.1, 0.15) is 0 Å². The summed E-state index contributed by atoms with van der Waals surface area (Å²) < 4.78 is 0. The fourth-order valence-electron chi connectivity index (χ4n) is 1.89. The number of hydrogen-bond acceptors (Lipinski definition) is 3. The van der Waals surface area contributed by atoms with Crippen LogP contribution in [0.15, 0.2) is 5.38 Å². The predicted octanol–water partition coefficient (Wildman–Crippen LogP) is 2.51. The molecular formula is C10H15ClN2S. The van der Waals surface area contributed by atoms with Crippen LogP contribution in [0.1, 0.15) is 17.1 Å². The third kappa shape index (κ3) is 2.47. The van der Waals surface area contributed by atoms with Crippen LogP contribution in [0.4, 0.5) is 0 Å². The van der Waals surface area contributed by atoms with Gasteiger partial charge in [0.2, 0.25) is 0 Å². The van der Waals surface area contributed by atoms with Crippen LogP contribution >= 0.6 is 22.9 Å². The summed E-state index contributed by atoms with van der Waals surface area (Å²) in [6.45, 7) is 5.37. The highest BCUT2D eigenvalue weighted by Gasteiger charge is 2.21. The van der Waals surface area contributed by atoms with Crippen LogP contribution in [0.5, 0.6) is 0 Å². The quantitative estimate of drug-likeness (QED) is 0.742. The van der Waals surface area contributed by atoms with Crippen LogP contribution in [0.3, 0.4) is 0 Å². The topological polar surface area (TPSA) is 16.1 Å². The molecule has 14 heavy (non-hydrogen) atoms. The average molecular weight is 231 g/mol. The molecule has 0 saturated carbocycles. The van der Waals surface area contributed by atoms with Gasteiger partial charge in [-0.3, -0.25) is 4.90 Å². The van der Waals surface area contributed by atoms with Gasteiger partial charge in [0.05, 0.1) is 10.7 Å². The van der Waals surface area contributed by atoms with Crippen molar-refractivity contribution in [3.8, 4) is 0 Å². The molecule has 0 aromatic carbocycles. The van der Waals surface area contributed by atoms with Crippen LogP contribution in [0, 0.1) is 12.8 Å². The number of alkyl halides is 1. The predicted molar refractivity (Wildman–Crippen MR) is 61.0 cm³/mol. The van der Waals surface area contributed by atoms with Gasteiger partial charge >= 0.3 is 0 Å². The van der Waals surface area contributed by atoms with Gasteiger partial charge in [-0.2, -0.15) is 0 Å². The van der Waals surface area contributed by atoms with E-state index in [2.05, 4.69) is 22.2 Å². The molecule has 0 aliphatic carbocycles. The normalized spacial score (nSPS) is 23.1. The number of thiazole rings is 1. The van der Waals surface area contributed by atoms with Gasteiger partial charge in [-0.05, 0) is 25.8 Å². The molecule has 0 spiro atoms. The third-order valence-electron chi connectivity index (χ3n) is 2.64. The maximum Gasteiger partial charge on any atom is 0.0897 e. The number of nitrogens with zero attached hydrogens (tertiary/aromatic N) is 2. The number of hydrogen-bond donors (Lipinski definition) is 0. The van der Waals surface area contributed by atoms with Crippen molar-refractivity contribution in [2.45, 2.75) is 19.9 Å². The second-order valence-corrected chi connectivity index (χ2v) is 5.27. The van der Waals surface area contributed by atoms with Crippen molar-refractivity contribution in [3.05, 3.63) is 16.1 Å². The van der Waals surface area contributed by atoms with E-state index in [0.29, 0.717) is 5.92 Å². The van der Waals surface area contributed by atoms with E-state index in [1.165, 1.54) is 18.7 Å². The van der Waals surface area contributed by atoms with E-state index in [-0.39, 0.29) is 0 Å². The smallest absolute Gasteiger partial charge is 0.0897 e. The van der Waals surface area contributed by atoms with Gasteiger partial charge in [-0.15, -0.1) is 22.9 Å².